The van der Waals surface area contributed by atoms with Gasteiger partial charge in [0.15, 0.2) is 0 Å². The average Bonchev–Trinajstić information content (AvgIpc) is 2.55. The highest BCUT2D eigenvalue weighted by Gasteiger charge is 2.34. The van der Waals surface area contributed by atoms with Crippen LogP contribution in [0.3, 0.4) is 0 Å². The van der Waals surface area contributed by atoms with Crippen LogP contribution in [0.5, 0.6) is 0 Å². The van der Waals surface area contributed by atoms with E-state index in [4.69, 9.17) is 0 Å². The molecule has 0 saturated heterocycles. The summed E-state index contributed by atoms with van der Waals surface area (Å²) < 4.78 is 14.0. The van der Waals surface area contributed by atoms with Crippen LogP contribution in [0.2, 0.25) is 0 Å². The molecule has 2 heteroatoms. The van der Waals surface area contributed by atoms with Gasteiger partial charge < -0.3 is 4.57 Å². The lowest BCUT2D eigenvalue weighted by molar-refractivity contribution is 0.586. The number of hydrogen-bond donors (Lipinski definition) is 0. The van der Waals surface area contributed by atoms with Gasteiger partial charge in [0.1, 0.15) is 7.14 Å². The van der Waals surface area contributed by atoms with Gasteiger partial charge in [0, 0.05) is 16.8 Å². The fourth-order valence-electron chi connectivity index (χ4n) is 3.35. The summed E-state index contributed by atoms with van der Waals surface area (Å²) in [7, 11) is -2.62. The lowest BCUT2D eigenvalue weighted by Crippen LogP contribution is -2.23. The summed E-state index contributed by atoms with van der Waals surface area (Å²) in [6.45, 7) is 2.06. The summed E-state index contributed by atoms with van der Waals surface area (Å²) >= 11 is 0. The molecule has 108 valence electrons. The Morgan fingerprint density at radius 2 is 1.55 bits per heavy atom. The Morgan fingerprint density at radius 1 is 0.818 bits per heavy atom. The largest absolute Gasteiger partial charge is 0.313 e. The van der Waals surface area contributed by atoms with Crippen molar-refractivity contribution in [3.63, 3.8) is 0 Å². The molecule has 0 amide bonds. The van der Waals surface area contributed by atoms with E-state index < -0.39 is 7.14 Å². The highest BCUT2D eigenvalue weighted by molar-refractivity contribution is 7.78. The summed E-state index contributed by atoms with van der Waals surface area (Å²) in [4.78, 5) is 0. The second-order valence-corrected chi connectivity index (χ2v) is 8.70. The van der Waals surface area contributed by atoms with Crippen LogP contribution in [-0.4, -0.2) is 0 Å². The van der Waals surface area contributed by atoms with Crippen molar-refractivity contribution < 1.29 is 4.57 Å². The highest BCUT2D eigenvalue weighted by Crippen LogP contribution is 2.53. The Morgan fingerprint density at radius 3 is 2.36 bits per heavy atom. The SMILES string of the molecule is Cc1cccc(P2(=O)Cc3ccccc3-c3ccccc32)c1. The first-order valence-corrected chi connectivity index (χ1v) is 9.42. The maximum absolute atomic E-state index is 14.0. The molecular formula is C20H17OP. The molecule has 0 saturated carbocycles. The van der Waals surface area contributed by atoms with E-state index in [1.54, 1.807) is 0 Å². The molecule has 0 spiro atoms. The van der Waals surface area contributed by atoms with E-state index in [0.717, 1.165) is 21.7 Å². The number of rotatable bonds is 1. The second-order valence-electron chi connectivity index (χ2n) is 5.91. The van der Waals surface area contributed by atoms with E-state index in [2.05, 4.69) is 43.3 Å². The number of benzene rings is 3. The minimum atomic E-state index is -2.62. The first-order chi connectivity index (χ1) is 10.7. The van der Waals surface area contributed by atoms with Crippen molar-refractivity contribution in [1.82, 2.24) is 0 Å². The van der Waals surface area contributed by atoms with Gasteiger partial charge >= 0.3 is 0 Å². The van der Waals surface area contributed by atoms with Crippen LogP contribution in [0.4, 0.5) is 0 Å². The third kappa shape index (κ3) is 1.97. The van der Waals surface area contributed by atoms with Crippen LogP contribution in [0.15, 0.2) is 72.8 Å². The molecule has 3 aromatic rings. The van der Waals surface area contributed by atoms with Gasteiger partial charge in [-0.15, -0.1) is 0 Å². The van der Waals surface area contributed by atoms with Gasteiger partial charge in [-0.3, -0.25) is 0 Å². The molecule has 1 atom stereocenters. The molecule has 1 heterocycles. The van der Waals surface area contributed by atoms with E-state index in [1.807, 2.05) is 36.4 Å². The zero-order valence-corrected chi connectivity index (χ0v) is 13.4. The van der Waals surface area contributed by atoms with Crippen molar-refractivity contribution in [3.8, 4) is 11.1 Å². The van der Waals surface area contributed by atoms with Gasteiger partial charge in [-0.1, -0.05) is 72.3 Å². The number of fused-ring (bicyclic) bond motifs is 3. The third-order valence-corrected chi connectivity index (χ3v) is 7.48. The predicted octanol–water partition coefficient (Wildman–Crippen LogP) is 4.49. The maximum Gasteiger partial charge on any atom is 0.148 e. The Balaban J connectivity index is 2.02. The summed E-state index contributed by atoms with van der Waals surface area (Å²) in [6, 6.07) is 24.6. The van der Waals surface area contributed by atoms with E-state index in [0.29, 0.717) is 6.16 Å². The summed E-state index contributed by atoms with van der Waals surface area (Å²) in [5.41, 5.74) is 4.68. The minimum absolute atomic E-state index is 0.615. The molecule has 1 unspecified atom stereocenters. The smallest absolute Gasteiger partial charge is 0.148 e. The van der Waals surface area contributed by atoms with E-state index in [9.17, 15) is 4.57 Å². The Labute approximate surface area is 131 Å². The monoisotopic (exact) mass is 304 g/mol. The predicted molar refractivity (Wildman–Crippen MR) is 93.6 cm³/mol. The van der Waals surface area contributed by atoms with Gasteiger partial charge in [-0.25, -0.2) is 0 Å². The molecular weight excluding hydrogens is 287 g/mol. The molecule has 22 heavy (non-hydrogen) atoms. The van der Waals surface area contributed by atoms with Crippen LogP contribution in [0.1, 0.15) is 11.1 Å². The molecule has 0 fully saturated rings. The van der Waals surface area contributed by atoms with Crippen LogP contribution in [0.25, 0.3) is 11.1 Å². The number of hydrogen-bond acceptors (Lipinski definition) is 1. The van der Waals surface area contributed by atoms with Crippen LogP contribution in [0, 0.1) is 6.92 Å². The molecule has 1 aliphatic rings. The molecule has 0 N–H and O–H groups in total. The quantitative estimate of drug-likeness (QED) is 0.605. The van der Waals surface area contributed by atoms with Crippen molar-refractivity contribution in [2.45, 2.75) is 13.1 Å². The van der Waals surface area contributed by atoms with Crippen molar-refractivity contribution in [1.29, 1.82) is 0 Å². The molecule has 0 aromatic heterocycles. The molecule has 0 bridgehead atoms. The molecule has 0 radical (unpaired) electrons. The summed E-state index contributed by atoms with van der Waals surface area (Å²) in [5, 5.41) is 1.97. The fourth-order valence-corrected chi connectivity index (χ4v) is 6.38. The highest BCUT2D eigenvalue weighted by atomic mass is 31.2. The Kier molecular flexibility index (Phi) is 3.06. The topological polar surface area (TPSA) is 17.1 Å². The first kappa shape index (κ1) is 13.5. The zero-order valence-electron chi connectivity index (χ0n) is 12.5. The standard InChI is InChI=1S/C20H17OP/c1-15-7-6-9-17(13-15)22(21)14-16-8-2-3-10-18(16)19-11-4-5-12-20(19)22/h2-13H,14H2,1H3. The van der Waals surface area contributed by atoms with Gasteiger partial charge in [0.25, 0.3) is 0 Å². The average molecular weight is 304 g/mol. The minimum Gasteiger partial charge on any atom is -0.313 e. The first-order valence-electron chi connectivity index (χ1n) is 7.53. The van der Waals surface area contributed by atoms with Gasteiger partial charge in [0.2, 0.25) is 0 Å². The Hall–Kier alpha value is -2.11. The lowest BCUT2D eigenvalue weighted by atomic mass is 10.0. The van der Waals surface area contributed by atoms with Crippen molar-refractivity contribution in [2.24, 2.45) is 0 Å². The van der Waals surface area contributed by atoms with Crippen LogP contribution in [-0.2, 0) is 10.7 Å². The molecule has 3 aromatic carbocycles. The van der Waals surface area contributed by atoms with Crippen molar-refractivity contribution in [2.75, 3.05) is 0 Å². The molecule has 0 aliphatic carbocycles. The maximum atomic E-state index is 14.0. The second kappa shape index (κ2) is 4.97. The Bertz CT molecular complexity index is 911. The summed E-state index contributed by atoms with van der Waals surface area (Å²) in [6.07, 6.45) is 0.615. The molecule has 1 aliphatic heterocycles. The van der Waals surface area contributed by atoms with Gasteiger partial charge in [0.05, 0.1) is 0 Å². The normalized spacial score (nSPS) is 19.3. The fraction of sp³-hybridized carbons (Fsp3) is 0.100. The van der Waals surface area contributed by atoms with Crippen molar-refractivity contribution in [3.05, 3.63) is 83.9 Å². The number of aryl methyl sites for hydroxylation is 1. The van der Waals surface area contributed by atoms with E-state index in [-0.39, 0.29) is 0 Å². The van der Waals surface area contributed by atoms with E-state index >= 15 is 0 Å². The van der Waals surface area contributed by atoms with Gasteiger partial charge in [-0.05, 0) is 29.7 Å². The molecule has 1 nitrogen and oxygen atoms in total. The summed E-state index contributed by atoms with van der Waals surface area (Å²) in [5.74, 6) is 0. The molecule has 4 rings (SSSR count). The van der Waals surface area contributed by atoms with Crippen LogP contribution >= 0.6 is 7.14 Å². The van der Waals surface area contributed by atoms with E-state index in [1.165, 1.54) is 11.1 Å². The van der Waals surface area contributed by atoms with Crippen LogP contribution < -0.4 is 10.6 Å². The van der Waals surface area contributed by atoms with Crippen molar-refractivity contribution >= 4 is 17.8 Å². The zero-order chi connectivity index (χ0) is 15.2. The third-order valence-electron chi connectivity index (χ3n) is 4.41. The van der Waals surface area contributed by atoms with Gasteiger partial charge in [-0.2, -0.15) is 0 Å². The lowest BCUT2D eigenvalue weighted by Gasteiger charge is -2.28.